The Hall–Kier alpha value is -2.42. The molecule has 100 valence electrons. The zero-order valence-corrected chi connectivity index (χ0v) is 11.4. The van der Waals surface area contributed by atoms with Gasteiger partial charge in [-0.15, -0.1) is 0 Å². The molecular formula is C17H16N2O. The number of hydrogen-bond acceptors (Lipinski definition) is 2. The maximum atomic E-state index is 11.1. The quantitative estimate of drug-likeness (QED) is 0.676. The van der Waals surface area contributed by atoms with Gasteiger partial charge < -0.3 is 4.57 Å². The van der Waals surface area contributed by atoms with Gasteiger partial charge in [0.25, 0.3) is 0 Å². The van der Waals surface area contributed by atoms with Crippen LogP contribution in [-0.4, -0.2) is 15.8 Å². The van der Waals surface area contributed by atoms with Crippen molar-refractivity contribution >= 4 is 17.3 Å². The zero-order valence-electron chi connectivity index (χ0n) is 11.4. The highest BCUT2D eigenvalue weighted by atomic mass is 16.1. The number of pyridine rings is 1. The van der Waals surface area contributed by atoms with Crippen LogP contribution >= 0.6 is 0 Å². The Morgan fingerprint density at radius 2 is 1.90 bits per heavy atom. The van der Waals surface area contributed by atoms with Gasteiger partial charge in [-0.05, 0) is 29.7 Å². The topological polar surface area (TPSA) is 34.9 Å². The van der Waals surface area contributed by atoms with Crippen molar-refractivity contribution < 1.29 is 4.79 Å². The zero-order chi connectivity index (χ0) is 13.9. The molecule has 0 spiro atoms. The second-order valence-electron chi connectivity index (χ2n) is 4.87. The summed E-state index contributed by atoms with van der Waals surface area (Å²) in [4.78, 5) is 15.5. The molecule has 3 aromatic rings. The number of nitrogens with zero attached hydrogens (tertiary/aromatic N) is 2. The normalized spacial score (nSPS) is 10.8. The van der Waals surface area contributed by atoms with Gasteiger partial charge in [0.1, 0.15) is 5.65 Å². The highest BCUT2D eigenvalue weighted by Crippen LogP contribution is 2.19. The largest absolute Gasteiger partial charge is 0.327 e. The van der Waals surface area contributed by atoms with E-state index in [-0.39, 0.29) is 0 Å². The molecule has 3 nitrogen and oxygen atoms in total. The van der Waals surface area contributed by atoms with Crippen molar-refractivity contribution in [3.05, 3.63) is 65.5 Å². The SMILES string of the molecule is CCc1ccc(Cn2cc(C=O)c3cccnc32)cc1. The van der Waals surface area contributed by atoms with E-state index in [1.54, 1.807) is 6.20 Å². The van der Waals surface area contributed by atoms with Crippen LogP contribution < -0.4 is 0 Å². The Morgan fingerprint density at radius 3 is 2.60 bits per heavy atom. The van der Waals surface area contributed by atoms with Crippen molar-refractivity contribution in [2.45, 2.75) is 19.9 Å². The number of rotatable bonds is 4. The summed E-state index contributed by atoms with van der Waals surface area (Å²) in [5.74, 6) is 0. The second-order valence-corrected chi connectivity index (χ2v) is 4.87. The molecule has 0 atom stereocenters. The van der Waals surface area contributed by atoms with Crippen LogP contribution in [0.5, 0.6) is 0 Å². The molecule has 0 bridgehead atoms. The number of fused-ring (bicyclic) bond motifs is 1. The lowest BCUT2D eigenvalue weighted by atomic mass is 10.1. The molecule has 2 heterocycles. The van der Waals surface area contributed by atoms with Gasteiger partial charge in [0, 0.05) is 29.9 Å². The maximum absolute atomic E-state index is 11.1. The number of aryl methyl sites for hydroxylation is 1. The van der Waals surface area contributed by atoms with E-state index in [1.165, 1.54) is 11.1 Å². The summed E-state index contributed by atoms with van der Waals surface area (Å²) >= 11 is 0. The Labute approximate surface area is 117 Å². The average molecular weight is 264 g/mol. The molecule has 0 radical (unpaired) electrons. The maximum Gasteiger partial charge on any atom is 0.152 e. The van der Waals surface area contributed by atoms with Gasteiger partial charge in [-0.1, -0.05) is 31.2 Å². The fourth-order valence-electron chi connectivity index (χ4n) is 2.44. The minimum atomic E-state index is 0.693. The fraction of sp³-hybridized carbons (Fsp3) is 0.176. The smallest absolute Gasteiger partial charge is 0.152 e. The summed E-state index contributed by atoms with van der Waals surface area (Å²) in [5, 5.41) is 0.910. The van der Waals surface area contributed by atoms with Crippen LogP contribution in [0.4, 0.5) is 0 Å². The first kappa shape index (κ1) is 12.6. The molecule has 3 rings (SSSR count). The van der Waals surface area contributed by atoms with E-state index in [2.05, 4.69) is 36.2 Å². The Morgan fingerprint density at radius 1 is 1.15 bits per heavy atom. The number of benzene rings is 1. The van der Waals surface area contributed by atoms with Crippen LogP contribution in [0, 0.1) is 0 Å². The fourth-order valence-corrected chi connectivity index (χ4v) is 2.44. The minimum absolute atomic E-state index is 0.693. The van der Waals surface area contributed by atoms with Crippen molar-refractivity contribution in [3.63, 3.8) is 0 Å². The molecule has 0 saturated carbocycles. The molecule has 0 amide bonds. The number of carbonyl (C=O) groups excluding carboxylic acids is 1. The van der Waals surface area contributed by atoms with E-state index in [0.717, 1.165) is 30.3 Å². The summed E-state index contributed by atoms with van der Waals surface area (Å²) < 4.78 is 2.03. The summed E-state index contributed by atoms with van der Waals surface area (Å²) in [6.07, 6.45) is 5.57. The predicted octanol–water partition coefficient (Wildman–Crippen LogP) is 3.46. The third kappa shape index (κ3) is 2.23. The molecule has 0 aliphatic rings. The van der Waals surface area contributed by atoms with Crippen LogP contribution in [0.25, 0.3) is 11.0 Å². The summed E-state index contributed by atoms with van der Waals surface area (Å²) in [6, 6.07) is 12.4. The summed E-state index contributed by atoms with van der Waals surface area (Å²) in [5.41, 5.74) is 4.09. The number of hydrogen-bond donors (Lipinski definition) is 0. The second kappa shape index (κ2) is 5.29. The van der Waals surface area contributed by atoms with Crippen LogP contribution in [0.3, 0.4) is 0 Å². The van der Waals surface area contributed by atoms with Gasteiger partial charge in [0.15, 0.2) is 6.29 Å². The number of aldehydes is 1. The van der Waals surface area contributed by atoms with Gasteiger partial charge in [0.05, 0.1) is 0 Å². The molecule has 1 aromatic carbocycles. The van der Waals surface area contributed by atoms with Gasteiger partial charge in [-0.25, -0.2) is 4.98 Å². The van der Waals surface area contributed by atoms with Gasteiger partial charge in [-0.2, -0.15) is 0 Å². The van der Waals surface area contributed by atoms with Crippen molar-refractivity contribution in [1.29, 1.82) is 0 Å². The molecule has 0 aliphatic heterocycles. The Bertz CT molecular complexity index is 741. The molecule has 0 saturated heterocycles. The van der Waals surface area contributed by atoms with Crippen LogP contribution in [0.1, 0.15) is 28.4 Å². The Balaban J connectivity index is 1.99. The first-order valence-electron chi connectivity index (χ1n) is 6.78. The van der Waals surface area contributed by atoms with Gasteiger partial charge >= 0.3 is 0 Å². The molecule has 0 aliphatic carbocycles. The van der Waals surface area contributed by atoms with Crippen LogP contribution in [0.2, 0.25) is 0 Å². The summed E-state index contributed by atoms with van der Waals surface area (Å²) in [7, 11) is 0. The lowest BCUT2D eigenvalue weighted by Gasteiger charge is -2.05. The van der Waals surface area contributed by atoms with E-state index in [1.807, 2.05) is 22.9 Å². The molecule has 3 heteroatoms. The van der Waals surface area contributed by atoms with E-state index < -0.39 is 0 Å². The minimum Gasteiger partial charge on any atom is -0.327 e. The van der Waals surface area contributed by atoms with Crippen molar-refractivity contribution in [2.75, 3.05) is 0 Å². The number of carbonyl (C=O) groups is 1. The highest BCUT2D eigenvalue weighted by Gasteiger charge is 2.08. The van der Waals surface area contributed by atoms with Crippen LogP contribution in [0.15, 0.2) is 48.8 Å². The molecule has 20 heavy (non-hydrogen) atoms. The monoisotopic (exact) mass is 264 g/mol. The van der Waals surface area contributed by atoms with E-state index in [9.17, 15) is 4.79 Å². The molecule has 0 unspecified atom stereocenters. The highest BCUT2D eigenvalue weighted by molar-refractivity contribution is 5.95. The van der Waals surface area contributed by atoms with E-state index in [4.69, 9.17) is 0 Å². The predicted molar refractivity (Wildman–Crippen MR) is 80.0 cm³/mol. The van der Waals surface area contributed by atoms with E-state index in [0.29, 0.717) is 5.56 Å². The molecule has 2 aromatic heterocycles. The Kier molecular flexibility index (Phi) is 3.33. The van der Waals surface area contributed by atoms with Crippen LogP contribution in [-0.2, 0) is 13.0 Å². The lowest BCUT2D eigenvalue weighted by Crippen LogP contribution is -1.99. The van der Waals surface area contributed by atoms with Crippen molar-refractivity contribution in [1.82, 2.24) is 9.55 Å². The lowest BCUT2D eigenvalue weighted by molar-refractivity contribution is 0.112. The third-order valence-corrected chi connectivity index (χ3v) is 3.58. The number of aromatic nitrogens is 2. The van der Waals surface area contributed by atoms with Gasteiger partial charge in [0.2, 0.25) is 0 Å². The first-order valence-corrected chi connectivity index (χ1v) is 6.78. The van der Waals surface area contributed by atoms with Gasteiger partial charge in [-0.3, -0.25) is 4.79 Å². The average Bonchev–Trinajstić information content (AvgIpc) is 2.86. The van der Waals surface area contributed by atoms with E-state index >= 15 is 0 Å². The first-order chi connectivity index (χ1) is 9.81. The van der Waals surface area contributed by atoms with Crippen molar-refractivity contribution in [2.24, 2.45) is 0 Å². The molecule has 0 fully saturated rings. The molecule has 0 N–H and O–H groups in total. The third-order valence-electron chi connectivity index (χ3n) is 3.58. The van der Waals surface area contributed by atoms with Crippen molar-refractivity contribution in [3.8, 4) is 0 Å². The standard InChI is InChI=1S/C17H16N2O/c1-2-13-5-7-14(8-6-13)10-19-11-15(12-20)16-4-3-9-18-17(16)19/h3-9,11-12H,2,10H2,1H3. The molecular weight excluding hydrogens is 248 g/mol. The summed E-state index contributed by atoms with van der Waals surface area (Å²) in [6.45, 7) is 2.88.